The molecule has 5 nitrogen and oxygen atoms in total. The molecule has 1 aromatic rings. The summed E-state index contributed by atoms with van der Waals surface area (Å²) in [4.78, 5) is 17.0. The summed E-state index contributed by atoms with van der Waals surface area (Å²) >= 11 is 0. The first-order valence-electron chi connectivity index (χ1n) is 7.52. The van der Waals surface area contributed by atoms with E-state index in [9.17, 15) is 4.79 Å². The molecule has 3 rings (SSSR count). The second kappa shape index (κ2) is 5.31. The molecule has 1 aromatic carbocycles. The number of amides is 1. The van der Waals surface area contributed by atoms with Gasteiger partial charge in [-0.15, -0.1) is 0 Å². The van der Waals surface area contributed by atoms with Gasteiger partial charge in [-0.3, -0.25) is 9.69 Å². The van der Waals surface area contributed by atoms with E-state index in [1.54, 1.807) is 0 Å². The number of carbonyl (C=O) groups excluding carboxylic acids is 1. The van der Waals surface area contributed by atoms with E-state index in [4.69, 9.17) is 10.5 Å². The zero-order valence-electron chi connectivity index (χ0n) is 12.8. The molecular formula is C16H23N3O2. The fourth-order valence-electron chi connectivity index (χ4n) is 3.14. The van der Waals surface area contributed by atoms with E-state index in [-0.39, 0.29) is 5.91 Å². The predicted molar refractivity (Wildman–Crippen MR) is 83.5 cm³/mol. The molecule has 1 amide bonds. The summed E-state index contributed by atoms with van der Waals surface area (Å²) in [5.74, 6) is 0.163. The van der Waals surface area contributed by atoms with E-state index in [1.807, 2.05) is 36.9 Å². The topological polar surface area (TPSA) is 58.8 Å². The van der Waals surface area contributed by atoms with Crippen LogP contribution in [0.2, 0.25) is 0 Å². The van der Waals surface area contributed by atoms with Crippen molar-refractivity contribution in [1.29, 1.82) is 0 Å². The Morgan fingerprint density at radius 2 is 1.95 bits per heavy atom. The fourth-order valence-corrected chi connectivity index (χ4v) is 3.14. The number of hydrogen-bond donors (Lipinski definition) is 1. The van der Waals surface area contributed by atoms with Gasteiger partial charge in [0, 0.05) is 37.6 Å². The van der Waals surface area contributed by atoms with Crippen molar-refractivity contribution in [3.63, 3.8) is 0 Å². The highest BCUT2D eigenvalue weighted by Gasteiger charge is 2.43. The van der Waals surface area contributed by atoms with Gasteiger partial charge in [-0.25, -0.2) is 0 Å². The van der Waals surface area contributed by atoms with Crippen molar-refractivity contribution in [1.82, 2.24) is 4.90 Å². The zero-order chi connectivity index (χ0) is 15.0. The molecule has 1 saturated heterocycles. The minimum Gasteiger partial charge on any atom is -0.399 e. The molecule has 0 atom stereocenters. The van der Waals surface area contributed by atoms with Crippen LogP contribution in [-0.2, 0) is 14.9 Å². The first kappa shape index (κ1) is 14.4. The van der Waals surface area contributed by atoms with Gasteiger partial charge in [-0.05, 0) is 37.6 Å². The molecule has 0 spiro atoms. The summed E-state index contributed by atoms with van der Waals surface area (Å²) in [6.45, 7) is 9.01. The van der Waals surface area contributed by atoms with Crippen LogP contribution < -0.4 is 10.6 Å². The van der Waals surface area contributed by atoms with Gasteiger partial charge in [0.2, 0.25) is 5.91 Å². The molecule has 0 aromatic heterocycles. The molecule has 0 radical (unpaired) electrons. The molecule has 21 heavy (non-hydrogen) atoms. The van der Waals surface area contributed by atoms with E-state index in [0.29, 0.717) is 5.69 Å². The highest BCUT2D eigenvalue weighted by molar-refractivity contribution is 6.07. The monoisotopic (exact) mass is 289 g/mol. The van der Waals surface area contributed by atoms with Gasteiger partial charge >= 0.3 is 0 Å². The molecule has 0 saturated carbocycles. The summed E-state index contributed by atoms with van der Waals surface area (Å²) in [6.07, 6.45) is 0. The third kappa shape index (κ3) is 2.51. The van der Waals surface area contributed by atoms with E-state index in [2.05, 4.69) is 4.90 Å². The lowest BCUT2D eigenvalue weighted by Crippen LogP contribution is -2.44. The van der Waals surface area contributed by atoms with Crippen LogP contribution in [0.15, 0.2) is 18.2 Å². The fraction of sp³-hybridized carbons (Fsp3) is 0.562. The van der Waals surface area contributed by atoms with Gasteiger partial charge in [0.15, 0.2) is 0 Å². The van der Waals surface area contributed by atoms with Crippen LogP contribution in [0.5, 0.6) is 0 Å². The number of fused-ring (bicyclic) bond motifs is 1. The van der Waals surface area contributed by atoms with Crippen molar-refractivity contribution in [2.45, 2.75) is 19.3 Å². The van der Waals surface area contributed by atoms with Crippen LogP contribution in [-0.4, -0.2) is 50.2 Å². The average molecular weight is 289 g/mol. The second-order valence-electron chi connectivity index (χ2n) is 6.31. The van der Waals surface area contributed by atoms with Gasteiger partial charge < -0.3 is 15.4 Å². The maximum Gasteiger partial charge on any atom is 0.237 e. The van der Waals surface area contributed by atoms with Crippen molar-refractivity contribution in [2.24, 2.45) is 0 Å². The smallest absolute Gasteiger partial charge is 0.237 e. The molecule has 114 valence electrons. The summed E-state index contributed by atoms with van der Waals surface area (Å²) in [6, 6.07) is 5.77. The Bertz CT molecular complexity index is 550. The molecule has 2 N–H and O–H groups in total. The van der Waals surface area contributed by atoms with E-state index in [0.717, 1.165) is 50.6 Å². The Kier molecular flexibility index (Phi) is 3.63. The Morgan fingerprint density at radius 3 is 2.67 bits per heavy atom. The minimum absolute atomic E-state index is 0.163. The average Bonchev–Trinajstić information content (AvgIpc) is 2.66. The van der Waals surface area contributed by atoms with E-state index in [1.165, 1.54) is 0 Å². The third-order valence-electron chi connectivity index (χ3n) is 4.51. The number of nitrogens with two attached hydrogens (primary N) is 1. The molecule has 5 heteroatoms. The van der Waals surface area contributed by atoms with Crippen LogP contribution in [0.4, 0.5) is 11.4 Å². The quantitative estimate of drug-likeness (QED) is 0.850. The van der Waals surface area contributed by atoms with Crippen LogP contribution in [0.3, 0.4) is 0 Å². The molecule has 2 aliphatic rings. The van der Waals surface area contributed by atoms with Gasteiger partial charge in [0.25, 0.3) is 0 Å². The highest BCUT2D eigenvalue weighted by Crippen LogP contribution is 2.42. The summed E-state index contributed by atoms with van der Waals surface area (Å²) in [7, 11) is 0. The SMILES string of the molecule is CC1(C)C(=O)N(CCN2CCOCC2)c2ccc(N)cc21. The second-order valence-corrected chi connectivity index (χ2v) is 6.31. The lowest BCUT2D eigenvalue weighted by atomic mass is 9.86. The highest BCUT2D eigenvalue weighted by atomic mass is 16.5. The Balaban J connectivity index is 1.78. The normalized spacial score (nSPS) is 21.6. The lowest BCUT2D eigenvalue weighted by molar-refractivity contribution is -0.122. The standard InChI is InChI=1S/C16H23N3O2/c1-16(2)13-11-12(17)3-4-14(13)19(15(16)20)6-5-18-7-9-21-10-8-18/h3-4,11H,5-10,17H2,1-2H3. The maximum atomic E-state index is 12.7. The zero-order valence-corrected chi connectivity index (χ0v) is 12.8. The molecular weight excluding hydrogens is 266 g/mol. The summed E-state index contributed by atoms with van der Waals surface area (Å²) < 4.78 is 5.36. The number of nitrogen functional groups attached to an aromatic ring is 1. The summed E-state index contributed by atoms with van der Waals surface area (Å²) in [5.41, 5.74) is 8.15. The predicted octanol–water partition coefficient (Wildman–Crippen LogP) is 1.23. The van der Waals surface area contributed by atoms with Crippen LogP contribution in [0, 0.1) is 0 Å². The van der Waals surface area contributed by atoms with Gasteiger partial charge in [0.1, 0.15) is 0 Å². The van der Waals surface area contributed by atoms with Crippen molar-refractivity contribution in [2.75, 3.05) is 50.0 Å². The maximum absolute atomic E-state index is 12.7. The number of ether oxygens (including phenoxy) is 1. The number of morpholine rings is 1. The van der Waals surface area contributed by atoms with Gasteiger partial charge in [0.05, 0.1) is 18.6 Å². The van der Waals surface area contributed by atoms with Crippen LogP contribution >= 0.6 is 0 Å². The number of rotatable bonds is 3. The van der Waals surface area contributed by atoms with Crippen molar-refractivity contribution in [3.8, 4) is 0 Å². The first-order valence-corrected chi connectivity index (χ1v) is 7.52. The van der Waals surface area contributed by atoms with E-state index < -0.39 is 5.41 Å². The largest absolute Gasteiger partial charge is 0.399 e. The number of benzene rings is 1. The van der Waals surface area contributed by atoms with Crippen molar-refractivity contribution >= 4 is 17.3 Å². The van der Waals surface area contributed by atoms with Crippen molar-refractivity contribution < 1.29 is 9.53 Å². The molecule has 0 aliphatic carbocycles. The van der Waals surface area contributed by atoms with E-state index >= 15 is 0 Å². The molecule has 1 fully saturated rings. The van der Waals surface area contributed by atoms with Crippen LogP contribution in [0.1, 0.15) is 19.4 Å². The minimum atomic E-state index is -0.490. The Morgan fingerprint density at radius 1 is 1.24 bits per heavy atom. The van der Waals surface area contributed by atoms with Gasteiger partial charge in [-0.2, -0.15) is 0 Å². The number of nitrogens with zero attached hydrogens (tertiary/aromatic N) is 2. The lowest BCUT2D eigenvalue weighted by Gasteiger charge is -2.29. The first-order chi connectivity index (χ1) is 10.00. The molecule has 0 bridgehead atoms. The Labute approximate surface area is 125 Å². The molecule has 2 aliphatic heterocycles. The number of carbonyl (C=O) groups is 1. The number of anilines is 2. The van der Waals surface area contributed by atoms with Crippen molar-refractivity contribution in [3.05, 3.63) is 23.8 Å². The van der Waals surface area contributed by atoms with Gasteiger partial charge in [-0.1, -0.05) is 0 Å². The Hall–Kier alpha value is -1.59. The molecule has 0 unspecified atom stereocenters. The van der Waals surface area contributed by atoms with Crippen LogP contribution in [0.25, 0.3) is 0 Å². The summed E-state index contributed by atoms with van der Waals surface area (Å²) in [5, 5.41) is 0. The third-order valence-corrected chi connectivity index (χ3v) is 4.51. The molecule has 2 heterocycles. The number of hydrogen-bond acceptors (Lipinski definition) is 4.